The molecule has 0 aliphatic carbocycles. The normalized spacial score (nSPS) is 12.1. The van der Waals surface area contributed by atoms with Crippen LogP contribution < -0.4 is 11.1 Å². The fraction of sp³-hybridized carbons (Fsp3) is 0.364. The van der Waals surface area contributed by atoms with Crippen molar-refractivity contribution in [2.45, 2.75) is 0 Å². The second-order valence-electron chi connectivity index (χ2n) is 3.56. The molecule has 1 aromatic carbocycles. The molecule has 0 radical (unpaired) electrons. The molecule has 0 aliphatic rings. The number of hydrogen-bond donors (Lipinski definition) is 2. The first-order valence-corrected chi connectivity index (χ1v) is 6.70. The van der Waals surface area contributed by atoms with Gasteiger partial charge in [0.05, 0.1) is 18.0 Å². The third-order valence-electron chi connectivity index (χ3n) is 2.09. The smallest absolute Gasteiger partial charge is 0.237 e. The molecule has 0 fully saturated rings. The highest BCUT2D eigenvalue weighted by atomic mass is 32.2. The molecule has 5 nitrogen and oxygen atoms in total. The summed E-state index contributed by atoms with van der Waals surface area (Å²) >= 11 is 0. The van der Waals surface area contributed by atoms with Crippen LogP contribution >= 0.6 is 0 Å². The number of rotatable bonds is 6. The lowest BCUT2D eigenvalue weighted by molar-refractivity contribution is -0.113. The Morgan fingerprint density at radius 3 is 2.89 bits per heavy atom. The number of carbonyl (C=O) groups is 1. The molecule has 0 saturated heterocycles. The minimum absolute atomic E-state index is 0.131. The quantitative estimate of drug-likeness (QED) is 0.750. The number of amides is 1. The van der Waals surface area contributed by atoms with E-state index in [0.29, 0.717) is 18.0 Å². The molecular formula is C11H15FN2O3S. The van der Waals surface area contributed by atoms with Gasteiger partial charge >= 0.3 is 0 Å². The van der Waals surface area contributed by atoms with Crippen LogP contribution in [0.1, 0.15) is 0 Å². The lowest BCUT2D eigenvalue weighted by Crippen LogP contribution is -2.22. The lowest BCUT2D eigenvalue weighted by atomic mass is 10.2. The molecule has 1 unspecified atom stereocenters. The number of carbonyl (C=O) groups excluding carboxylic acids is 1. The second kappa shape index (κ2) is 7.07. The van der Waals surface area contributed by atoms with E-state index in [1.807, 2.05) is 0 Å². The highest BCUT2D eigenvalue weighted by Gasteiger charge is 2.10. The summed E-state index contributed by atoms with van der Waals surface area (Å²) in [5.74, 6) is -0.750. The Morgan fingerprint density at radius 2 is 2.28 bits per heavy atom. The van der Waals surface area contributed by atoms with Gasteiger partial charge in [0, 0.05) is 23.7 Å². The van der Waals surface area contributed by atoms with Gasteiger partial charge in [0.15, 0.2) is 0 Å². The number of hydrogen-bond acceptors (Lipinski definition) is 4. The zero-order valence-corrected chi connectivity index (χ0v) is 10.8. The Kier molecular flexibility index (Phi) is 5.73. The van der Waals surface area contributed by atoms with E-state index in [2.05, 4.69) is 5.32 Å². The topological polar surface area (TPSA) is 81.4 Å². The lowest BCUT2D eigenvalue weighted by Gasteiger charge is -2.08. The summed E-state index contributed by atoms with van der Waals surface area (Å²) < 4.78 is 29.0. The minimum Gasteiger partial charge on any atom is -0.397 e. The molecule has 1 atom stereocenters. The van der Waals surface area contributed by atoms with Gasteiger partial charge in [0.25, 0.3) is 0 Å². The van der Waals surface area contributed by atoms with Gasteiger partial charge in [-0.05, 0) is 18.2 Å². The van der Waals surface area contributed by atoms with Gasteiger partial charge in [-0.3, -0.25) is 9.00 Å². The van der Waals surface area contributed by atoms with Crippen LogP contribution in [0, 0.1) is 5.82 Å². The van der Waals surface area contributed by atoms with Crippen molar-refractivity contribution in [3.63, 3.8) is 0 Å². The van der Waals surface area contributed by atoms with Gasteiger partial charge in [-0.1, -0.05) is 0 Å². The van der Waals surface area contributed by atoms with E-state index < -0.39 is 22.5 Å². The number of anilines is 2. The fourth-order valence-electron chi connectivity index (χ4n) is 1.23. The first kappa shape index (κ1) is 14.6. The predicted molar refractivity (Wildman–Crippen MR) is 69.2 cm³/mol. The SMILES string of the molecule is COCCS(=O)CC(=O)Nc1ccc(F)cc1N. The molecule has 1 aromatic rings. The molecule has 0 heterocycles. The standard InChI is InChI=1S/C11H15FN2O3S/c1-17-4-5-18(16)7-11(15)14-10-3-2-8(12)6-9(10)13/h2-3,6H,4-5,7,13H2,1H3,(H,14,15). The molecule has 100 valence electrons. The Balaban J connectivity index is 2.51. The van der Waals surface area contributed by atoms with E-state index in [0.717, 1.165) is 6.07 Å². The summed E-state index contributed by atoms with van der Waals surface area (Å²) in [6.45, 7) is 0.332. The van der Waals surface area contributed by atoms with Crippen LogP contribution in [-0.4, -0.2) is 35.3 Å². The highest BCUT2D eigenvalue weighted by molar-refractivity contribution is 7.85. The van der Waals surface area contributed by atoms with Gasteiger partial charge in [-0.2, -0.15) is 0 Å². The number of nitrogens with two attached hydrogens (primary N) is 1. The highest BCUT2D eigenvalue weighted by Crippen LogP contribution is 2.18. The molecule has 0 saturated carbocycles. The van der Waals surface area contributed by atoms with Gasteiger partial charge in [0.2, 0.25) is 5.91 Å². The molecule has 18 heavy (non-hydrogen) atoms. The van der Waals surface area contributed by atoms with Gasteiger partial charge in [-0.25, -0.2) is 4.39 Å². The fourth-order valence-corrected chi connectivity index (χ4v) is 2.09. The van der Waals surface area contributed by atoms with E-state index >= 15 is 0 Å². The Hall–Kier alpha value is -1.47. The van der Waals surface area contributed by atoms with Crippen molar-refractivity contribution < 1.29 is 18.1 Å². The largest absolute Gasteiger partial charge is 0.397 e. The van der Waals surface area contributed by atoms with Gasteiger partial charge < -0.3 is 15.8 Å². The maximum Gasteiger partial charge on any atom is 0.237 e. The summed E-state index contributed by atoms with van der Waals surface area (Å²) in [5, 5.41) is 2.48. The molecule has 0 aliphatic heterocycles. The Morgan fingerprint density at radius 1 is 1.56 bits per heavy atom. The zero-order chi connectivity index (χ0) is 13.5. The third kappa shape index (κ3) is 4.80. The van der Waals surface area contributed by atoms with Crippen LogP contribution in [-0.2, 0) is 20.3 Å². The van der Waals surface area contributed by atoms with Crippen LogP contribution in [0.25, 0.3) is 0 Å². The van der Waals surface area contributed by atoms with Crippen molar-refractivity contribution in [2.75, 3.05) is 36.3 Å². The molecule has 7 heteroatoms. The van der Waals surface area contributed by atoms with Gasteiger partial charge in [-0.15, -0.1) is 0 Å². The monoisotopic (exact) mass is 274 g/mol. The predicted octanol–water partition coefficient (Wildman–Crippen LogP) is 0.741. The number of nitrogens with one attached hydrogen (secondary N) is 1. The molecule has 1 amide bonds. The minimum atomic E-state index is -1.29. The molecule has 0 spiro atoms. The van der Waals surface area contributed by atoms with Crippen LogP contribution in [0.15, 0.2) is 18.2 Å². The van der Waals surface area contributed by atoms with E-state index in [1.54, 1.807) is 0 Å². The summed E-state index contributed by atoms with van der Waals surface area (Å²) in [4.78, 5) is 11.5. The van der Waals surface area contributed by atoms with Crippen molar-refractivity contribution >= 4 is 28.1 Å². The second-order valence-corrected chi connectivity index (χ2v) is 5.14. The Labute approximate surface area is 107 Å². The van der Waals surface area contributed by atoms with E-state index in [9.17, 15) is 13.4 Å². The van der Waals surface area contributed by atoms with Crippen molar-refractivity contribution in [3.8, 4) is 0 Å². The summed E-state index contributed by atoms with van der Waals surface area (Å²) in [7, 11) is 0.210. The molecule has 0 aromatic heterocycles. The van der Waals surface area contributed by atoms with Crippen LogP contribution in [0.5, 0.6) is 0 Å². The number of nitrogen functional groups attached to an aromatic ring is 1. The molecule has 3 N–H and O–H groups in total. The molecule has 1 rings (SSSR count). The van der Waals surface area contributed by atoms with Crippen LogP contribution in [0.4, 0.5) is 15.8 Å². The van der Waals surface area contributed by atoms with Crippen molar-refractivity contribution in [2.24, 2.45) is 0 Å². The van der Waals surface area contributed by atoms with E-state index in [1.165, 1.54) is 19.2 Å². The molecular weight excluding hydrogens is 259 g/mol. The number of methoxy groups -OCH3 is 1. The first-order chi connectivity index (χ1) is 8.52. The van der Waals surface area contributed by atoms with E-state index in [4.69, 9.17) is 10.5 Å². The Bertz CT molecular complexity index is 454. The van der Waals surface area contributed by atoms with Crippen LogP contribution in [0.3, 0.4) is 0 Å². The number of halogens is 1. The summed E-state index contributed by atoms with van der Waals surface area (Å²) in [5.41, 5.74) is 5.97. The number of ether oxygens (including phenoxy) is 1. The summed E-state index contributed by atoms with van der Waals surface area (Å²) in [6.07, 6.45) is 0. The third-order valence-corrected chi connectivity index (χ3v) is 3.30. The maximum absolute atomic E-state index is 12.8. The number of benzene rings is 1. The van der Waals surface area contributed by atoms with E-state index in [-0.39, 0.29) is 11.4 Å². The van der Waals surface area contributed by atoms with Crippen molar-refractivity contribution in [1.82, 2.24) is 0 Å². The zero-order valence-electron chi connectivity index (χ0n) is 9.94. The molecule has 0 bridgehead atoms. The summed E-state index contributed by atoms with van der Waals surface area (Å²) in [6, 6.07) is 3.66. The van der Waals surface area contributed by atoms with Crippen molar-refractivity contribution in [1.29, 1.82) is 0 Å². The average molecular weight is 274 g/mol. The van der Waals surface area contributed by atoms with Crippen molar-refractivity contribution in [3.05, 3.63) is 24.0 Å². The first-order valence-electron chi connectivity index (χ1n) is 5.21. The van der Waals surface area contributed by atoms with Crippen LogP contribution in [0.2, 0.25) is 0 Å². The average Bonchev–Trinajstić information content (AvgIpc) is 2.30. The van der Waals surface area contributed by atoms with Gasteiger partial charge in [0.1, 0.15) is 11.6 Å². The maximum atomic E-state index is 12.8.